The van der Waals surface area contributed by atoms with E-state index < -0.39 is 0 Å². The van der Waals surface area contributed by atoms with E-state index in [1.165, 1.54) is 0 Å². The molecule has 74 valence electrons. The van der Waals surface area contributed by atoms with E-state index in [-0.39, 0.29) is 0 Å². The maximum atomic E-state index is 5.65. The zero-order chi connectivity index (χ0) is 10.1. The van der Waals surface area contributed by atoms with Crippen LogP contribution in [0.4, 0.5) is 0 Å². The maximum absolute atomic E-state index is 5.65. The Bertz CT molecular complexity index is 455. The molecule has 0 N–H and O–H groups in total. The molecule has 0 amide bonds. The lowest BCUT2D eigenvalue weighted by Gasteiger charge is -1.89. The van der Waals surface area contributed by atoms with Crippen LogP contribution in [0, 0.1) is 13.8 Å². The van der Waals surface area contributed by atoms with E-state index in [1.807, 2.05) is 19.9 Å². The quantitative estimate of drug-likeness (QED) is 0.673. The fourth-order valence-electron chi connectivity index (χ4n) is 1.74. The summed E-state index contributed by atoms with van der Waals surface area (Å²) in [6.07, 6.45) is 2.01. The van der Waals surface area contributed by atoms with Gasteiger partial charge in [0.1, 0.15) is 5.76 Å². The van der Waals surface area contributed by atoms with Crippen molar-refractivity contribution in [2.75, 3.05) is 0 Å². The Labute approximate surface area is 83.5 Å². The normalized spacial score (nSPS) is 11.1. The molecule has 2 aromatic heterocycles. The zero-order valence-corrected chi connectivity index (χ0v) is 8.89. The van der Waals surface area contributed by atoms with E-state index in [0.29, 0.717) is 0 Å². The van der Waals surface area contributed by atoms with Gasteiger partial charge >= 0.3 is 11.5 Å². The van der Waals surface area contributed by atoms with Crippen molar-refractivity contribution >= 4 is 11.0 Å². The van der Waals surface area contributed by atoms with Crippen LogP contribution in [0.25, 0.3) is 11.0 Å². The van der Waals surface area contributed by atoms with Gasteiger partial charge < -0.3 is 4.42 Å². The average Bonchev–Trinajstić information content (AvgIpc) is 2.45. The summed E-state index contributed by atoms with van der Waals surface area (Å²) in [5.41, 5.74) is 0.912. The van der Waals surface area contributed by atoms with Gasteiger partial charge in [-0.1, -0.05) is 6.92 Å². The molecular weight excluding hydrogens is 176 g/mol. The van der Waals surface area contributed by atoms with Gasteiger partial charge in [0.05, 0.1) is 13.3 Å². The van der Waals surface area contributed by atoms with Crippen molar-refractivity contribution in [2.45, 2.75) is 33.6 Å². The highest BCUT2D eigenvalue weighted by atomic mass is 16.4. The van der Waals surface area contributed by atoms with E-state index in [2.05, 4.69) is 13.0 Å². The first-order valence-corrected chi connectivity index (χ1v) is 5.03. The highest BCUT2D eigenvalue weighted by Gasteiger charge is 2.19. The molecule has 0 fully saturated rings. The minimum atomic E-state index is 0.912. The topological polar surface area (TPSA) is 24.4 Å². The number of furan rings is 1. The van der Waals surface area contributed by atoms with E-state index in [4.69, 9.17) is 8.83 Å². The Morgan fingerprint density at radius 3 is 2.79 bits per heavy atom. The molecule has 2 heteroatoms. The van der Waals surface area contributed by atoms with E-state index in [9.17, 15) is 0 Å². The van der Waals surface area contributed by atoms with Gasteiger partial charge in [0.2, 0.25) is 5.58 Å². The Hall–Kier alpha value is -1.31. The van der Waals surface area contributed by atoms with Gasteiger partial charge in [-0.2, -0.15) is 0 Å². The van der Waals surface area contributed by atoms with Crippen molar-refractivity contribution in [3.63, 3.8) is 0 Å². The van der Waals surface area contributed by atoms with Gasteiger partial charge in [-0.15, -0.1) is 0 Å². The third kappa shape index (κ3) is 1.52. The lowest BCUT2D eigenvalue weighted by Crippen LogP contribution is -1.85. The predicted molar refractivity (Wildman–Crippen MR) is 56.4 cm³/mol. The summed E-state index contributed by atoms with van der Waals surface area (Å²) in [4.78, 5) is 0. The minimum Gasteiger partial charge on any atom is -0.452 e. The Morgan fingerprint density at radius 1 is 1.29 bits per heavy atom. The third-order valence-electron chi connectivity index (χ3n) is 2.26. The summed E-state index contributed by atoms with van der Waals surface area (Å²) in [6, 6.07) is 4.07. The molecule has 0 atom stereocenters. The van der Waals surface area contributed by atoms with Gasteiger partial charge in [0.25, 0.3) is 0 Å². The van der Waals surface area contributed by atoms with E-state index in [0.717, 1.165) is 41.1 Å². The smallest absolute Gasteiger partial charge is 0.371 e. The maximum Gasteiger partial charge on any atom is 0.371 e. The van der Waals surface area contributed by atoms with Crippen LogP contribution < -0.4 is 0 Å². The summed E-state index contributed by atoms with van der Waals surface area (Å²) in [6.45, 7) is 6.07. The van der Waals surface area contributed by atoms with Crippen LogP contribution >= 0.6 is 0 Å². The molecule has 14 heavy (non-hydrogen) atoms. The standard InChI is InChI=1S/C12H15O2/c1-4-5-11-12-10(6-8(2)13-11)7-9(3)14-12/h6-7H,4-5H2,1-3H3/q+1. The summed E-state index contributed by atoms with van der Waals surface area (Å²) >= 11 is 0. The molecule has 0 aromatic carbocycles. The van der Waals surface area contributed by atoms with Crippen molar-refractivity contribution in [1.29, 1.82) is 0 Å². The molecule has 0 radical (unpaired) electrons. The summed E-state index contributed by atoms with van der Waals surface area (Å²) in [7, 11) is 0. The molecule has 0 saturated carbocycles. The summed E-state index contributed by atoms with van der Waals surface area (Å²) < 4.78 is 11.3. The molecule has 0 aliphatic heterocycles. The second-order valence-corrected chi connectivity index (χ2v) is 3.67. The van der Waals surface area contributed by atoms with Crippen LogP contribution in [0.5, 0.6) is 0 Å². The van der Waals surface area contributed by atoms with Gasteiger partial charge in [-0.25, -0.2) is 4.42 Å². The zero-order valence-electron chi connectivity index (χ0n) is 8.89. The highest BCUT2D eigenvalue weighted by Crippen LogP contribution is 2.25. The van der Waals surface area contributed by atoms with Crippen molar-refractivity contribution in [1.82, 2.24) is 0 Å². The van der Waals surface area contributed by atoms with Crippen molar-refractivity contribution in [3.8, 4) is 0 Å². The molecule has 0 bridgehead atoms. The van der Waals surface area contributed by atoms with Crippen LogP contribution in [-0.2, 0) is 6.42 Å². The van der Waals surface area contributed by atoms with Gasteiger partial charge in [0.15, 0.2) is 0 Å². The Kier molecular flexibility index (Phi) is 2.28. The minimum absolute atomic E-state index is 0.912. The molecule has 0 saturated heterocycles. The summed E-state index contributed by atoms with van der Waals surface area (Å²) in [5.74, 6) is 2.86. The monoisotopic (exact) mass is 191 g/mol. The number of rotatable bonds is 2. The van der Waals surface area contributed by atoms with Crippen LogP contribution in [0.3, 0.4) is 0 Å². The van der Waals surface area contributed by atoms with Crippen molar-refractivity contribution < 1.29 is 8.83 Å². The van der Waals surface area contributed by atoms with Gasteiger partial charge in [-0.05, 0) is 19.4 Å². The number of hydrogen-bond donors (Lipinski definition) is 0. The fraction of sp³-hybridized carbons (Fsp3) is 0.417. The SMILES string of the molecule is CCCc1[o+]c(C)cc2cc(C)oc12. The number of fused-ring (bicyclic) bond motifs is 1. The lowest BCUT2D eigenvalue weighted by atomic mass is 10.2. The Morgan fingerprint density at radius 2 is 2.07 bits per heavy atom. The Balaban J connectivity index is 2.66. The van der Waals surface area contributed by atoms with Crippen LogP contribution in [0.15, 0.2) is 21.0 Å². The fourth-order valence-corrected chi connectivity index (χ4v) is 1.74. The van der Waals surface area contributed by atoms with Gasteiger partial charge in [-0.3, -0.25) is 0 Å². The predicted octanol–water partition coefficient (Wildman–Crippen LogP) is 3.88. The summed E-state index contributed by atoms with van der Waals surface area (Å²) in [5, 5.41) is 1.15. The molecule has 0 aliphatic carbocycles. The van der Waals surface area contributed by atoms with Crippen molar-refractivity contribution in [2.24, 2.45) is 0 Å². The average molecular weight is 191 g/mol. The molecular formula is C12H15O2+. The van der Waals surface area contributed by atoms with Crippen LogP contribution in [0.1, 0.15) is 30.6 Å². The molecule has 0 aliphatic rings. The van der Waals surface area contributed by atoms with Crippen molar-refractivity contribution in [3.05, 3.63) is 29.4 Å². The second-order valence-electron chi connectivity index (χ2n) is 3.67. The third-order valence-corrected chi connectivity index (χ3v) is 2.26. The van der Waals surface area contributed by atoms with E-state index >= 15 is 0 Å². The lowest BCUT2D eigenvalue weighted by molar-refractivity contribution is 0.451. The van der Waals surface area contributed by atoms with Crippen LogP contribution in [-0.4, -0.2) is 0 Å². The largest absolute Gasteiger partial charge is 0.452 e. The first-order valence-electron chi connectivity index (χ1n) is 5.03. The van der Waals surface area contributed by atoms with Gasteiger partial charge in [0, 0.05) is 11.5 Å². The number of hydrogen-bond acceptors (Lipinski definition) is 1. The molecule has 0 unspecified atom stereocenters. The highest BCUT2D eigenvalue weighted by molar-refractivity contribution is 5.79. The molecule has 2 heterocycles. The molecule has 2 rings (SSSR count). The van der Waals surface area contributed by atoms with E-state index in [1.54, 1.807) is 0 Å². The molecule has 0 spiro atoms. The first kappa shape index (κ1) is 9.25. The van der Waals surface area contributed by atoms with Crippen LogP contribution in [0.2, 0.25) is 0 Å². The molecule has 2 nitrogen and oxygen atoms in total. The first-order chi connectivity index (χ1) is 6.70. The number of aryl methyl sites for hydroxylation is 3. The second kappa shape index (κ2) is 3.45. The molecule has 2 aromatic rings.